The van der Waals surface area contributed by atoms with E-state index in [0.29, 0.717) is 16.7 Å². The summed E-state index contributed by atoms with van der Waals surface area (Å²) in [5.74, 6) is 3.03. The lowest BCUT2D eigenvalue weighted by molar-refractivity contribution is -0.122. The number of allylic oxidation sites excluding steroid dienone is 1. The van der Waals surface area contributed by atoms with Crippen LogP contribution in [-0.2, 0) is 4.74 Å². The van der Waals surface area contributed by atoms with Crippen LogP contribution in [0.25, 0.3) is 0 Å². The molecule has 0 radical (unpaired) electrons. The van der Waals surface area contributed by atoms with E-state index in [1.807, 2.05) is 6.92 Å². The van der Waals surface area contributed by atoms with Crippen molar-refractivity contribution in [2.45, 2.75) is 123 Å². The average molecular weight is 459 g/mol. The lowest BCUT2D eigenvalue weighted by atomic mass is 9.41. The topological polar surface area (TPSA) is 49.7 Å². The van der Waals surface area contributed by atoms with Gasteiger partial charge >= 0.3 is 0 Å². The molecule has 33 heavy (non-hydrogen) atoms. The highest BCUT2D eigenvalue weighted by molar-refractivity contribution is 5.29. The molecule has 4 aliphatic carbocycles. The summed E-state index contributed by atoms with van der Waals surface area (Å²) >= 11 is 0. The molecule has 0 spiro atoms. The zero-order valence-corrected chi connectivity index (χ0v) is 22.1. The third-order valence-electron chi connectivity index (χ3n) is 12.2. The molecule has 0 amide bonds. The molecule has 4 fully saturated rings. The zero-order valence-electron chi connectivity index (χ0n) is 22.1. The summed E-state index contributed by atoms with van der Waals surface area (Å²) in [6.07, 6.45) is 15.9. The monoisotopic (exact) mass is 458 g/mol. The number of hydrogen-bond acceptors (Lipinski definition) is 3. The van der Waals surface area contributed by atoms with E-state index >= 15 is 0 Å². The summed E-state index contributed by atoms with van der Waals surface area (Å²) in [7, 11) is 0. The molecule has 0 aromatic rings. The minimum absolute atomic E-state index is 0.284. The summed E-state index contributed by atoms with van der Waals surface area (Å²) in [6.45, 7) is 13.8. The van der Waals surface area contributed by atoms with E-state index in [1.54, 1.807) is 5.57 Å². The molecule has 2 N–H and O–H groups in total. The highest BCUT2D eigenvalue weighted by atomic mass is 16.5. The Hall–Kier alpha value is -0.380. The molecule has 1 heterocycles. The second-order valence-corrected chi connectivity index (χ2v) is 14.2. The van der Waals surface area contributed by atoms with Gasteiger partial charge in [0.15, 0.2) is 0 Å². The molecular weight excluding hydrogens is 408 g/mol. The lowest BCUT2D eigenvalue weighted by Crippen LogP contribution is -2.57. The Morgan fingerprint density at radius 2 is 1.64 bits per heavy atom. The van der Waals surface area contributed by atoms with Gasteiger partial charge in [-0.2, -0.15) is 0 Å². The summed E-state index contributed by atoms with van der Waals surface area (Å²) < 4.78 is 5.50. The number of ether oxygens (including phenoxy) is 1. The third-order valence-corrected chi connectivity index (χ3v) is 12.2. The van der Waals surface area contributed by atoms with Crippen LogP contribution in [0.4, 0.5) is 0 Å². The fraction of sp³-hybridized carbons (Fsp3) is 0.933. The Bertz CT molecular complexity index is 779. The summed E-state index contributed by atoms with van der Waals surface area (Å²) in [5, 5.41) is 21.8. The fourth-order valence-corrected chi connectivity index (χ4v) is 10.1. The predicted molar refractivity (Wildman–Crippen MR) is 134 cm³/mol. The molecule has 1 aliphatic heterocycles. The van der Waals surface area contributed by atoms with Gasteiger partial charge in [-0.05, 0) is 124 Å². The Kier molecular flexibility index (Phi) is 5.95. The molecule has 0 bridgehead atoms. The maximum absolute atomic E-state index is 11.0. The first-order valence-corrected chi connectivity index (χ1v) is 14.1. The van der Waals surface area contributed by atoms with Crippen LogP contribution in [0.5, 0.6) is 0 Å². The quantitative estimate of drug-likeness (QED) is 0.463. The summed E-state index contributed by atoms with van der Waals surface area (Å²) in [4.78, 5) is 0. The first-order valence-electron chi connectivity index (χ1n) is 14.1. The fourth-order valence-electron chi connectivity index (χ4n) is 10.1. The van der Waals surface area contributed by atoms with Gasteiger partial charge in [-0.3, -0.25) is 0 Å². The van der Waals surface area contributed by atoms with E-state index in [2.05, 4.69) is 33.8 Å². The van der Waals surface area contributed by atoms with E-state index < -0.39 is 11.2 Å². The van der Waals surface area contributed by atoms with Gasteiger partial charge in [0.25, 0.3) is 0 Å². The van der Waals surface area contributed by atoms with Gasteiger partial charge in [0, 0.05) is 13.2 Å². The van der Waals surface area contributed by atoms with Crippen molar-refractivity contribution in [1.29, 1.82) is 0 Å². The van der Waals surface area contributed by atoms with Gasteiger partial charge < -0.3 is 14.9 Å². The molecule has 5 aliphatic rings. The first-order chi connectivity index (χ1) is 15.4. The van der Waals surface area contributed by atoms with Gasteiger partial charge in [0.2, 0.25) is 0 Å². The number of fused-ring (bicyclic) bond motifs is 5. The number of rotatable bonds is 4. The van der Waals surface area contributed by atoms with Gasteiger partial charge in [0.05, 0.1) is 11.2 Å². The van der Waals surface area contributed by atoms with Crippen molar-refractivity contribution in [2.75, 3.05) is 13.2 Å². The van der Waals surface area contributed by atoms with Crippen LogP contribution in [0, 0.1) is 39.9 Å². The maximum Gasteiger partial charge on any atom is 0.0691 e. The van der Waals surface area contributed by atoms with E-state index in [9.17, 15) is 10.2 Å². The van der Waals surface area contributed by atoms with E-state index in [-0.39, 0.29) is 5.41 Å². The SMILES string of the molecule is C[C@H](CCC1(O)CCOCC1)[C@H]1CC[C@@H]2[C@]1(C)CC[C@H]1[C@@]2(C)CC=C2C[C@@](C)(O)CC[C@@]21C. The number of aliphatic hydroxyl groups is 2. The van der Waals surface area contributed by atoms with Crippen LogP contribution in [0.2, 0.25) is 0 Å². The standard InChI is InChI=1S/C30H50O3/c1-21(8-13-30(32)16-18-33-19-17-30)23-6-7-24-28(23,4)12-10-25-27(3)15-14-26(2,31)20-22(27)9-11-29(24,25)5/h9,21,23-25,31-32H,6-8,10-20H2,1-5H3/t21-,23-,24-,25-,26+,27+,28-,29+/m1/s1. The van der Waals surface area contributed by atoms with Crippen molar-refractivity contribution in [2.24, 2.45) is 39.9 Å². The van der Waals surface area contributed by atoms with Crippen molar-refractivity contribution in [3.63, 3.8) is 0 Å². The largest absolute Gasteiger partial charge is 0.390 e. The van der Waals surface area contributed by atoms with Crippen LogP contribution in [-0.4, -0.2) is 34.6 Å². The minimum atomic E-state index is -0.509. The van der Waals surface area contributed by atoms with Crippen molar-refractivity contribution >= 4 is 0 Å². The Morgan fingerprint density at radius 1 is 0.909 bits per heavy atom. The Balaban J connectivity index is 1.33. The van der Waals surface area contributed by atoms with E-state index in [1.165, 1.54) is 32.1 Å². The first kappa shape index (κ1) is 24.3. The molecule has 188 valence electrons. The summed E-state index contributed by atoms with van der Waals surface area (Å²) in [5.41, 5.74) is 1.68. The molecule has 0 aromatic heterocycles. The molecule has 0 aromatic carbocycles. The summed E-state index contributed by atoms with van der Waals surface area (Å²) in [6, 6.07) is 0. The van der Waals surface area contributed by atoms with Crippen LogP contribution in [0.3, 0.4) is 0 Å². The predicted octanol–water partition coefficient (Wildman–Crippen LogP) is 6.66. The maximum atomic E-state index is 11.0. The zero-order chi connectivity index (χ0) is 23.7. The van der Waals surface area contributed by atoms with Crippen LogP contribution >= 0.6 is 0 Å². The Morgan fingerprint density at radius 3 is 2.36 bits per heavy atom. The highest BCUT2D eigenvalue weighted by Crippen LogP contribution is 2.72. The van der Waals surface area contributed by atoms with Gasteiger partial charge in [-0.1, -0.05) is 39.3 Å². The normalized spacial score (nSPS) is 50.0. The van der Waals surface area contributed by atoms with E-state index in [4.69, 9.17) is 4.74 Å². The molecule has 3 nitrogen and oxygen atoms in total. The van der Waals surface area contributed by atoms with Gasteiger partial charge in [-0.25, -0.2) is 0 Å². The molecule has 3 saturated carbocycles. The minimum Gasteiger partial charge on any atom is -0.390 e. The number of hydrogen-bond donors (Lipinski definition) is 2. The molecular formula is C30H50O3. The lowest BCUT2D eigenvalue weighted by Gasteiger charge is -2.64. The molecule has 5 rings (SSSR count). The average Bonchev–Trinajstić information content (AvgIpc) is 3.12. The smallest absolute Gasteiger partial charge is 0.0691 e. The molecule has 1 saturated heterocycles. The van der Waals surface area contributed by atoms with Gasteiger partial charge in [0.1, 0.15) is 0 Å². The van der Waals surface area contributed by atoms with Crippen molar-refractivity contribution in [3.05, 3.63) is 11.6 Å². The second kappa shape index (κ2) is 8.07. The van der Waals surface area contributed by atoms with Crippen molar-refractivity contribution < 1.29 is 14.9 Å². The third kappa shape index (κ3) is 3.87. The second-order valence-electron chi connectivity index (χ2n) is 14.2. The van der Waals surface area contributed by atoms with Gasteiger partial charge in [-0.15, -0.1) is 0 Å². The van der Waals surface area contributed by atoms with E-state index in [0.717, 1.165) is 75.9 Å². The van der Waals surface area contributed by atoms with Crippen LogP contribution in [0.15, 0.2) is 11.6 Å². The Labute approximate surface area is 202 Å². The highest BCUT2D eigenvalue weighted by Gasteiger charge is 2.64. The van der Waals surface area contributed by atoms with Crippen molar-refractivity contribution in [1.82, 2.24) is 0 Å². The van der Waals surface area contributed by atoms with Crippen molar-refractivity contribution in [3.8, 4) is 0 Å². The van der Waals surface area contributed by atoms with Crippen LogP contribution in [0.1, 0.15) is 112 Å². The molecule has 3 heteroatoms. The molecule has 0 unspecified atom stereocenters. The molecule has 8 atom stereocenters. The van der Waals surface area contributed by atoms with Crippen LogP contribution < -0.4 is 0 Å².